The third-order valence-electron chi connectivity index (χ3n) is 2.50. The van der Waals surface area contributed by atoms with Crippen LogP contribution in [-0.4, -0.2) is 4.98 Å². The molecule has 99 valence electrons. The maximum Gasteiger partial charge on any atom is 0.417 e. The van der Waals surface area contributed by atoms with E-state index >= 15 is 0 Å². The summed E-state index contributed by atoms with van der Waals surface area (Å²) >= 11 is 0. The Bertz CT molecular complexity index is 532. The third kappa shape index (κ3) is 3.47. The smallest absolute Gasteiger partial charge is 0.417 e. The minimum absolute atomic E-state index is 0.121. The molecule has 0 aliphatic carbocycles. The van der Waals surface area contributed by atoms with Gasteiger partial charge in [0.2, 0.25) is 5.88 Å². The van der Waals surface area contributed by atoms with Crippen LogP contribution in [0, 0.1) is 6.92 Å². The Balaban J connectivity index is 2.10. The molecule has 0 saturated carbocycles. The number of ether oxygens (including phenoxy) is 1. The first-order chi connectivity index (χ1) is 8.99. The van der Waals surface area contributed by atoms with E-state index in [0.717, 1.165) is 17.8 Å². The SMILES string of the molecule is [CH2]Cc1ccc(Oc2ccc(C(F)(F)F)cn2)cc1. The molecule has 0 amide bonds. The molecule has 1 aromatic heterocycles. The molecular weight excluding hydrogens is 255 g/mol. The molecule has 19 heavy (non-hydrogen) atoms. The number of rotatable bonds is 3. The van der Waals surface area contributed by atoms with Gasteiger partial charge < -0.3 is 4.74 Å². The summed E-state index contributed by atoms with van der Waals surface area (Å²) < 4.78 is 42.4. The molecule has 5 heteroatoms. The van der Waals surface area contributed by atoms with Crippen molar-refractivity contribution < 1.29 is 17.9 Å². The summed E-state index contributed by atoms with van der Waals surface area (Å²) in [5.41, 5.74) is 0.250. The van der Waals surface area contributed by atoms with Crippen LogP contribution < -0.4 is 4.74 Å². The lowest BCUT2D eigenvalue weighted by Gasteiger charge is -2.08. The van der Waals surface area contributed by atoms with Gasteiger partial charge in [-0.15, -0.1) is 0 Å². The zero-order chi connectivity index (χ0) is 13.9. The van der Waals surface area contributed by atoms with Crippen LogP contribution in [0.4, 0.5) is 13.2 Å². The van der Waals surface area contributed by atoms with Gasteiger partial charge in [-0.25, -0.2) is 4.98 Å². The Morgan fingerprint density at radius 3 is 2.21 bits per heavy atom. The van der Waals surface area contributed by atoms with Crippen molar-refractivity contribution in [3.8, 4) is 11.6 Å². The van der Waals surface area contributed by atoms with E-state index in [4.69, 9.17) is 4.74 Å². The normalized spacial score (nSPS) is 11.4. The molecule has 1 radical (unpaired) electrons. The van der Waals surface area contributed by atoms with E-state index in [2.05, 4.69) is 11.9 Å². The fourth-order valence-electron chi connectivity index (χ4n) is 1.45. The van der Waals surface area contributed by atoms with Crippen molar-refractivity contribution in [1.29, 1.82) is 0 Å². The van der Waals surface area contributed by atoms with Crippen molar-refractivity contribution in [2.45, 2.75) is 12.6 Å². The predicted molar refractivity (Wildman–Crippen MR) is 64.8 cm³/mol. The van der Waals surface area contributed by atoms with E-state index in [0.29, 0.717) is 12.2 Å². The Morgan fingerprint density at radius 1 is 1.05 bits per heavy atom. The van der Waals surface area contributed by atoms with Crippen molar-refractivity contribution in [2.75, 3.05) is 0 Å². The van der Waals surface area contributed by atoms with E-state index in [1.165, 1.54) is 6.07 Å². The highest BCUT2D eigenvalue weighted by Crippen LogP contribution is 2.30. The van der Waals surface area contributed by atoms with Crippen LogP contribution in [0.3, 0.4) is 0 Å². The maximum absolute atomic E-state index is 12.3. The molecule has 2 aromatic rings. The van der Waals surface area contributed by atoms with Gasteiger partial charge in [0, 0.05) is 12.3 Å². The van der Waals surface area contributed by atoms with Gasteiger partial charge in [-0.3, -0.25) is 0 Å². The van der Waals surface area contributed by atoms with Crippen molar-refractivity contribution >= 4 is 0 Å². The second-order valence-corrected chi connectivity index (χ2v) is 3.88. The van der Waals surface area contributed by atoms with Gasteiger partial charge in [-0.05, 0) is 37.1 Å². The maximum atomic E-state index is 12.3. The van der Waals surface area contributed by atoms with Crippen LogP contribution in [0.25, 0.3) is 0 Å². The second-order valence-electron chi connectivity index (χ2n) is 3.88. The van der Waals surface area contributed by atoms with Crippen LogP contribution in [0.2, 0.25) is 0 Å². The number of pyridine rings is 1. The number of hydrogen-bond acceptors (Lipinski definition) is 2. The van der Waals surface area contributed by atoms with Crippen LogP contribution in [-0.2, 0) is 12.6 Å². The molecule has 0 N–H and O–H groups in total. The Kier molecular flexibility index (Phi) is 3.74. The predicted octanol–water partition coefficient (Wildman–Crippen LogP) is 4.27. The molecule has 0 aliphatic rings. The summed E-state index contributed by atoms with van der Waals surface area (Å²) in [6.45, 7) is 3.74. The molecular formula is C14H11F3NO. The molecule has 2 rings (SSSR count). The summed E-state index contributed by atoms with van der Waals surface area (Å²) in [5, 5.41) is 0. The van der Waals surface area contributed by atoms with Crippen molar-refractivity contribution in [3.05, 3.63) is 60.6 Å². The number of alkyl halides is 3. The van der Waals surface area contributed by atoms with Gasteiger partial charge in [-0.1, -0.05) is 12.1 Å². The highest BCUT2D eigenvalue weighted by atomic mass is 19.4. The summed E-state index contributed by atoms with van der Waals surface area (Å²) in [6, 6.07) is 9.25. The number of nitrogens with zero attached hydrogens (tertiary/aromatic N) is 1. The van der Waals surface area contributed by atoms with Crippen LogP contribution in [0.15, 0.2) is 42.6 Å². The molecule has 1 aromatic carbocycles. The summed E-state index contributed by atoms with van der Waals surface area (Å²) in [7, 11) is 0. The minimum atomic E-state index is -4.39. The van der Waals surface area contributed by atoms with Gasteiger partial charge in [0.05, 0.1) is 5.56 Å². The summed E-state index contributed by atoms with van der Waals surface area (Å²) in [5.74, 6) is 0.639. The van der Waals surface area contributed by atoms with Crippen molar-refractivity contribution in [2.24, 2.45) is 0 Å². The van der Waals surface area contributed by atoms with Crippen LogP contribution in [0.5, 0.6) is 11.6 Å². The molecule has 0 aliphatic heterocycles. The molecule has 0 spiro atoms. The number of hydrogen-bond donors (Lipinski definition) is 0. The topological polar surface area (TPSA) is 22.1 Å². The van der Waals surface area contributed by atoms with E-state index in [9.17, 15) is 13.2 Å². The molecule has 0 unspecified atom stereocenters. The van der Waals surface area contributed by atoms with Crippen molar-refractivity contribution in [3.63, 3.8) is 0 Å². The Labute approximate surface area is 108 Å². The highest BCUT2D eigenvalue weighted by Gasteiger charge is 2.30. The molecule has 0 bridgehead atoms. The summed E-state index contributed by atoms with van der Waals surface area (Å²) in [4.78, 5) is 3.63. The third-order valence-corrected chi connectivity index (χ3v) is 2.50. The average molecular weight is 266 g/mol. The van der Waals surface area contributed by atoms with Crippen LogP contribution >= 0.6 is 0 Å². The van der Waals surface area contributed by atoms with E-state index < -0.39 is 11.7 Å². The fourth-order valence-corrected chi connectivity index (χ4v) is 1.45. The van der Waals surface area contributed by atoms with E-state index in [1.54, 1.807) is 12.1 Å². The van der Waals surface area contributed by atoms with Crippen molar-refractivity contribution in [1.82, 2.24) is 4.98 Å². The van der Waals surface area contributed by atoms with Gasteiger partial charge >= 0.3 is 6.18 Å². The molecule has 0 atom stereocenters. The minimum Gasteiger partial charge on any atom is -0.439 e. The van der Waals surface area contributed by atoms with Gasteiger partial charge in [-0.2, -0.15) is 13.2 Å². The first-order valence-electron chi connectivity index (χ1n) is 5.58. The largest absolute Gasteiger partial charge is 0.439 e. The van der Waals surface area contributed by atoms with Gasteiger partial charge in [0.25, 0.3) is 0 Å². The highest BCUT2D eigenvalue weighted by molar-refractivity contribution is 5.31. The zero-order valence-electron chi connectivity index (χ0n) is 9.95. The molecule has 0 fully saturated rings. The number of aromatic nitrogens is 1. The lowest BCUT2D eigenvalue weighted by molar-refractivity contribution is -0.137. The monoisotopic (exact) mass is 266 g/mol. The Hall–Kier alpha value is -2.04. The molecule has 2 nitrogen and oxygen atoms in total. The zero-order valence-corrected chi connectivity index (χ0v) is 9.95. The average Bonchev–Trinajstić information content (AvgIpc) is 2.39. The molecule has 0 saturated heterocycles. The van der Waals surface area contributed by atoms with E-state index in [1.807, 2.05) is 12.1 Å². The number of benzene rings is 1. The standard InChI is InChI=1S/C14H11F3NO/c1-2-10-3-6-12(7-4-10)19-13-8-5-11(9-18-13)14(15,16)17/h3-9H,1-2H2. The first kappa shape index (κ1) is 13.4. The quantitative estimate of drug-likeness (QED) is 0.827. The number of halogens is 3. The molecule has 1 heterocycles. The van der Waals surface area contributed by atoms with Crippen LogP contribution in [0.1, 0.15) is 11.1 Å². The van der Waals surface area contributed by atoms with Gasteiger partial charge in [0.15, 0.2) is 0 Å². The fraction of sp³-hybridized carbons (Fsp3) is 0.143. The lowest BCUT2D eigenvalue weighted by atomic mass is 10.2. The second kappa shape index (κ2) is 5.30. The first-order valence-corrected chi connectivity index (χ1v) is 5.58. The van der Waals surface area contributed by atoms with E-state index in [-0.39, 0.29) is 5.88 Å². The van der Waals surface area contributed by atoms with Gasteiger partial charge in [0.1, 0.15) is 5.75 Å². The lowest BCUT2D eigenvalue weighted by Crippen LogP contribution is -2.05. The summed E-state index contributed by atoms with van der Waals surface area (Å²) in [6.07, 6.45) is -2.97. The Morgan fingerprint density at radius 2 is 1.74 bits per heavy atom.